The zero-order valence-corrected chi connectivity index (χ0v) is 9.97. The fourth-order valence-electron chi connectivity index (χ4n) is 1.56. The van der Waals surface area contributed by atoms with E-state index in [1.165, 1.54) is 12.8 Å². The summed E-state index contributed by atoms with van der Waals surface area (Å²) in [6.07, 6.45) is 2.46. The third kappa shape index (κ3) is 4.00. The van der Waals surface area contributed by atoms with E-state index in [2.05, 4.69) is 5.32 Å². The Labute approximate surface area is 91.1 Å². The van der Waals surface area contributed by atoms with E-state index in [9.17, 15) is 4.39 Å². The maximum absolute atomic E-state index is 12.4. The molecule has 0 amide bonds. The summed E-state index contributed by atoms with van der Waals surface area (Å²) in [6, 6.07) is 0.542. The highest BCUT2D eigenvalue weighted by Gasteiger charge is 2.23. The molecule has 1 aliphatic rings. The average molecular weight is 288 g/mol. The largest absolute Gasteiger partial charge is 1.00 e. The van der Waals surface area contributed by atoms with Crippen molar-refractivity contribution in [3.63, 3.8) is 0 Å². The SMILES string of the molecule is C[N+](C)(CF)CC1CCCN1.[I-]. The minimum atomic E-state index is -0.266. The van der Waals surface area contributed by atoms with Gasteiger partial charge in [0.15, 0.2) is 0 Å². The van der Waals surface area contributed by atoms with Gasteiger partial charge < -0.3 is 33.8 Å². The van der Waals surface area contributed by atoms with E-state index < -0.39 is 0 Å². The third-order valence-corrected chi connectivity index (χ3v) is 2.20. The van der Waals surface area contributed by atoms with Crippen LogP contribution in [0, 0.1) is 0 Å². The highest BCUT2D eigenvalue weighted by atomic mass is 127. The van der Waals surface area contributed by atoms with Crippen molar-refractivity contribution in [1.82, 2.24) is 5.32 Å². The second kappa shape index (κ2) is 5.34. The molecular weight excluding hydrogens is 270 g/mol. The van der Waals surface area contributed by atoms with Crippen LogP contribution in [-0.2, 0) is 0 Å². The molecule has 0 aromatic carbocycles. The Hall–Kier alpha value is 0.580. The monoisotopic (exact) mass is 288 g/mol. The number of nitrogens with one attached hydrogen (secondary N) is 1. The molecule has 0 radical (unpaired) electrons. The van der Waals surface area contributed by atoms with Crippen LogP contribution in [0.2, 0.25) is 0 Å². The second-order valence-electron chi connectivity index (χ2n) is 4.03. The lowest BCUT2D eigenvalue weighted by molar-refractivity contribution is -0.903. The molecule has 0 saturated carbocycles. The van der Waals surface area contributed by atoms with Crippen molar-refractivity contribution in [3.8, 4) is 0 Å². The van der Waals surface area contributed by atoms with Crippen molar-refractivity contribution in [1.29, 1.82) is 0 Å². The molecule has 1 N–H and O–H groups in total. The zero-order valence-electron chi connectivity index (χ0n) is 7.82. The smallest absolute Gasteiger partial charge is 0.221 e. The van der Waals surface area contributed by atoms with Crippen molar-refractivity contribution < 1.29 is 32.9 Å². The average Bonchev–Trinajstić information content (AvgIpc) is 2.39. The zero-order chi connectivity index (χ0) is 8.32. The third-order valence-electron chi connectivity index (χ3n) is 2.20. The van der Waals surface area contributed by atoms with Crippen molar-refractivity contribution in [3.05, 3.63) is 0 Å². The van der Waals surface area contributed by atoms with Crippen molar-refractivity contribution in [2.24, 2.45) is 0 Å². The van der Waals surface area contributed by atoms with Crippen LogP contribution < -0.4 is 29.3 Å². The topological polar surface area (TPSA) is 12.0 Å². The summed E-state index contributed by atoms with van der Waals surface area (Å²) in [5.74, 6) is 0. The molecule has 1 saturated heterocycles. The van der Waals surface area contributed by atoms with E-state index in [0.717, 1.165) is 13.1 Å². The summed E-state index contributed by atoms with van der Waals surface area (Å²) >= 11 is 0. The lowest BCUT2D eigenvalue weighted by Crippen LogP contribution is -3.00. The minimum absolute atomic E-state index is 0. The summed E-state index contributed by atoms with van der Waals surface area (Å²) in [7, 11) is 3.86. The first-order chi connectivity index (χ1) is 5.14. The molecule has 1 rings (SSSR count). The van der Waals surface area contributed by atoms with Gasteiger partial charge in [0.25, 0.3) is 0 Å². The molecule has 1 unspecified atom stereocenters. The van der Waals surface area contributed by atoms with Crippen LogP contribution in [-0.4, -0.2) is 44.5 Å². The first-order valence-corrected chi connectivity index (χ1v) is 4.25. The Morgan fingerprint density at radius 2 is 2.17 bits per heavy atom. The lowest BCUT2D eigenvalue weighted by Gasteiger charge is -2.28. The van der Waals surface area contributed by atoms with Gasteiger partial charge in [-0.2, -0.15) is 4.39 Å². The highest BCUT2D eigenvalue weighted by molar-refractivity contribution is 4.73. The Kier molecular flexibility index (Phi) is 5.60. The van der Waals surface area contributed by atoms with E-state index in [4.69, 9.17) is 0 Å². The number of hydrogen-bond donors (Lipinski definition) is 1. The van der Waals surface area contributed by atoms with Gasteiger partial charge in [0, 0.05) is 0 Å². The van der Waals surface area contributed by atoms with Gasteiger partial charge in [0.2, 0.25) is 6.80 Å². The predicted molar refractivity (Wildman–Crippen MR) is 44.0 cm³/mol. The molecule has 1 fully saturated rings. The number of quaternary nitrogens is 1. The molecule has 0 bridgehead atoms. The molecule has 0 aliphatic carbocycles. The van der Waals surface area contributed by atoms with Crippen molar-refractivity contribution in [2.45, 2.75) is 18.9 Å². The summed E-state index contributed by atoms with van der Waals surface area (Å²) in [5, 5.41) is 3.36. The molecule has 12 heavy (non-hydrogen) atoms. The molecule has 0 spiro atoms. The number of rotatable bonds is 3. The number of nitrogens with zero attached hydrogens (tertiary/aromatic N) is 1. The van der Waals surface area contributed by atoms with Crippen LogP contribution in [0.15, 0.2) is 0 Å². The van der Waals surface area contributed by atoms with Crippen LogP contribution in [0.1, 0.15) is 12.8 Å². The van der Waals surface area contributed by atoms with Crippen LogP contribution in [0.25, 0.3) is 0 Å². The van der Waals surface area contributed by atoms with Crippen LogP contribution in [0.3, 0.4) is 0 Å². The standard InChI is InChI=1S/C8H18FN2.HI/c1-11(2,7-9)6-8-4-3-5-10-8;/h8,10H,3-7H2,1-2H3;1H/q+1;/p-1. The summed E-state index contributed by atoms with van der Waals surface area (Å²) < 4.78 is 12.9. The molecule has 1 aliphatic heterocycles. The lowest BCUT2D eigenvalue weighted by atomic mass is 10.2. The molecule has 0 aromatic heterocycles. The molecular formula is C8H18FIN2. The molecule has 1 heterocycles. The van der Waals surface area contributed by atoms with Gasteiger partial charge in [-0.3, -0.25) is 0 Å². The fourth-order valence-corrected chi connectivity index (χ4v) is 1.56. The predicted octanol–water partition coefficient (Wildman–Crippen LogP) is -2.25. The van der Waals surface area contributed by atoms with E-state index >= 15 is 0 Å². The Balaban J connectivity index is 0.00000121. The molecule has 2 nitrogen and oxygen atoms in total. The highest BCUT2D eigenvalue weighted by Crippen LogP contribution is 2.09. The molecule has 4 heteroatoms. The van der Waals surface area contributed by atoms with Crippen LogP contribution >= 0.6 is 0 Å². The second-order valence-corrected chi connectivity index (χ2v) is 4.03. The van der Waals surface area contributed by atoms with Gasteiger partial charge in [0.05, 0.1) is 26.7 Å². The van der Waals surface area contributed by atoms with Gasteiger partial charge >= 0.3 is 0 Å². The maximum Gasteiger partial charge on any atom is 0.221 e. The summed E-state index contributed by atoms with van der Waals surface area (Å²) in [6.45, 7) is 1.76. The van der Waals surface area contributed by atoms with Gasteiger partial charge in [-0.15, -0.1) is 0 Å². The van der Waals surface area contributed by atoms with E-state index in [1.807, 2.05) is 14.1 Å². The Morgan fingerprint density at radius 1 is 1.50 bits per heavy atom. The normalized spacial score (nSPS) is 23.8. The van der Waals surface area contributed by atoms with Gasteiger partial charge in [-0.05, 0) is 19.4 Å². The minimum Gasteiger partial charge on any atom is -1.00 e. The van der Waals surface area contributed by atoms with Crippen molar-refractivity contribution >= 4 is 0 Å². The van der Waals surface area contributed by atoms with Gasteiger partial charge in [-0.25, -0.2) is 0 Å². The Morgan fingerprint density at radius 3 is 2.58 bits per heavy atom. The number of alkyl halides is 1. The number of likely N-dealkylation sites (N-methyl/N-ethyl adjacent to an activating group) is 1. The van der Waals surface area contributed by atoms with Gasteiger partial charge in [0.1, 0.15) is 0 Å². The number of halogens is 2. The molecule has 0 aromatic rings. The quantitative estimate of drug-likeness (QED) is 0.351. The van der Waals surface area contributed by atoms with Crippen LogP contribution in [0.4, 0.5) is 4.39 Å². The molecule has 74 valence electrons. The first-order valence-electron chi connectivity index (χ1n) is 4.25. The summed E-state index contributed by atoms with van der Waals surface area (Å²) in [5.41, 5.74) is 0. The summed E-state index contributed by atoms with van der Waals surface area (Å²) in [4.78, 5) is 0. The van der Waals surface area contributed by atoms with E-state index in [1.54, 1.807) is 0 Å². The van der Waals surface area contributed by atoms with E-state index in [0.29, 0.717) is 10.5 Å². The fraction of sp³-hybridized carbons (Fsp3) is 1.00. The maximum atomic E-state index is 12.4. The number of hydrogen-bond acceptors (Lipinski definition) is 1. The van der Waals surface area contributed by atoms with Gasteiger partial charge in [-0.1, -0.05) is 0 Å². The molecule has 1 atom stereocenters. The Bertz CT molecular complexity index is 124. The van der Waals surface area contributed by atoms with E-state index in [-0.39, 0.29) is 30.8 Å². The van der Waals surface area contributed by atoms with Crippen molar-refractivity contribution in [2.75, 3.05) is 34.0 Å². The first kappa shape index (κ1) is 12.6. The van der Waals surface area contributed by atoms with Crippen LogP contribution in [0.5, 0.6) is 0 Å².